The van der Waals surface area contributed by atoms with Crippen molar-refractivity contribution < 1.29 is 103 Å². The number of carbonyl (C=O) groups is 6. The summed E-state index contributed by atoms with van der Waals surface area (Å²) < 4.78 is 35.7. The van der Waals surface area contributed by atoms with Gasteiger partial charge in [-0.05, 0) is 136 Å². The topological polar surface area (TPSA) is 255 Å². The number of aromatic nitrogens is 2. The smallest absolute Gasteiger partial charge is 1.00 e. The Morgan fingerprint density at radius 3 is 1.70 bits per heavy atom. The fraction of sp³-hybridized carbons (Fsp3) is 0.524. The van der Waals surface area contributed by atoms with Crippen LogP contribution in [-0.4, -0.2) is 172 Å². The second kappa shape index (κ2) is 38.4. The average molecular weight is 1220 g/mol. The molecular formula is C63H87BN5NaO15S-. The maximum atomic E-state index is 12.6. The predicted octanol–water partition coefficient (Wildman–Crippen LogP) is 5.40. The molecule has 6 heterocycles. The molecule has 4 fully saturated rings. The minimum atomic E-state index is -0.803. The Bertz CT molecular complexity index is 2880. The van der Waals surface area contributed by atoms with Crippen LogP contribution >= 0.6 is 11.8 Å². The van der Waals surface area contributed by atoms with E-state index in [1.807, 2.05) is 92.0 Å². The Hall–Kier alpha value is -5.85. The van der Waals surface area contributed by atoms with Crippen molar-refractivity contribution in [3.8, 4) is 5.75 Å². The van der Waals surface area contributed by atoms with Gasteiger partial charge in [0.1, 0.15) is 35.1 Å². The van der Waals surface area contributed by atoms with E-state index in [0.717, 1.165) is 70.6 Å². The van der Waals surface area contributed by atoms with Crippen LogP contribution < -0.4 is 44.7 Å². The van der Waals surface area contributed by atoms with Crippen LogP contribution in [0.4, 0.5) is 9.59 Å². The SMILES string of the molecule is C1CCOC1.CC[O-].COC(=O)[C@@H]1C[C@@H](C(=O)Sc2ccc(C)cc2)CN1C(=O)OC(C)(C)C.COC(=O)[C@@H]1C[C@@H](CO)CN1C(=O)OC(C)(C)C.COC(=O)[C@@H]1C[C@@H](COc2ccnc3ccccc23)CN1.Cc1ccnc2ccccc12.[B].[H-].[Na+]. The largest absolute Gasteiger partial charge is 1.00 e. The summed E-state index contributed by atoms with van der Waals surface area (Å²) in [6, 6.07) is 25.9. The van der Waals surface area contributed by atoms with Crippen LogP contribution in [-0.2, 0) is 47.6 Å². The molecule has 86 heavy (non-hydrogen) atoms. The zero-order valence-electron chi connectivity index (χ0n) is 53.3. The summed E-state index contributed by atoms with van der Waals surface area (Å²) in [5.41, 5.74) is 3.10. The van der Waals surface area contributed by atoms with Crippen molar-refractivity contribution in [1.29, 1.82) is 0 Å². The van der Waals surface area contributed by atoms with Crippen molar-refractivity contribution >= 4 is 77.2 Å². The molecule has 465 valence electrons. The zero-order valence-corrected chi connectivity index (χ0v) is 55.1. The number of nitrogens with one attached hydrogen (secondary N) is 1. The molecule has 2 aromatic heterocycles. The fourth-order valence-electron chi connectivity index (χ4n) is 9.04. The number of methoxy groups -OCH3 is 3. The molecule has 4 saturated heterocycles. The number of aliphatic hydroxyl groups is 1. The van der Waals surface area contributed by atoms with E-state index in [2.05, 4.69) is 33.0 Å². The number of likely N-dealkylation sites (tertiary alicyclic amines) is 2. The maximum absolute atomic E-state index is 12.6. The summed E-state index contributed by atoms with van der Waals surface area (Å²) in [7, 11) is 3.96. The molecule has 3 radical (unpaired) electrons. The first-order valence-electron chi connectivity index (χ1n) is 28.2. The molecule has 9 rings (SSSR count). The number of para-hydroxylation sites is 2. The van der Waals surface area contributed by atoms with Crippen LogP contribution in [0.5, 0.6) is 5.75 Å². The van der Waals surface area contributed by atoms with Crippen LogP contribution in [0.3, 0.4) is 0 Å². The monoisotopic (exact) mass is 1220 g/mol. The number of carbonyl (C=O) groups excluding carboxylic acids is 6. The van der Waals surface area contributed by atoms with Gasteiger partial charge in [0.15, 0.2) is 5.12 Å². The molecule has 4 aliphatic rings. The van der Waals surface area contributed by atoms with Gasteiger partial charge in [0, 0.05) is 93.7 Å². The van der Waals surface area contributed by atoms with E-state index in [1.54, 1.807) is 54.7 Å². The number of pyridine rings is 2. The first kappa shape index (κ1) is 76.3. The number of fused-ring (bicyclic) bond motifs is 2. The number of ether oxygens (including phenoxy) is 7. The number of nitrogens with zero attached hydrogens (tertiary/aromatic N) is 4. The number of thioether (sulfide) groups is 1. The van der Waals surface area contributed by atoms with E-state index >= 15 is 0 Å². The van der Waals surface area contributed by atoms with Crippen molar-refractivity contribution in [2.45, 2.75) is 129 Å². The van der Waals surface area contributed by atoms with E-state index in [0.29, 0.717) is 25.5 Å². The molecule has 0 aliphatic carbocycles. The number of hydrogen-bond acceptors (Lipinski definition) is 19. The van der Waals surface area contributed by atoms with Gasteiger partial charge in [0.25, 0.3) is 0 Å². The third-order valence-corrected chi connectivity index (χ3v) is 14.3. The summed E-state index contributed by atoms with van der Waals surface area (Å²) in [6.45, 7) is 19.9. The van der Waals surface area contributed by atoms with Gasteiger partial charge in [-0.15, -0.1) is 6.61 Å². The van der Waals surface area contributed by atoms with Crippen molar-refractivity contribution in [3.05, 3.63) is 108 Å². The van der Waals surface area contributed by atoms with Crippen molar-refractivity contribution in [1.82, 2.24) is 25.1 Å². The fourth-order valence-corrected chi connectivity index (χ4v) is 9.88. The first-order valence-corrected chi connectivity index (χ1v) is 29.1. The van der Waals surface area contributed by atoms with Crippen LogP contribution in [0.15, 0.2) is 102 Å². The van der Waals surface area contributed by atoms with E-state index in [9.17, 15) is 28.8 Å². The van der Waals surface area contributed by atoms with Crippen LogP contribution in [0.25, 0.3) is 21.8 Å². The summed E-state index contributed by atoms with van der Waals surface area (Å²) in [5, 5.41) is 23.4. The standard InChI is InChI=1S/C19H25NO5S.C16H18N2O3.C12H21NO5.C10H9N.C4H8O.C2H5O.B.Na.H/c1-12-6-8-14(9-7-12)26-17(22)13-10-15(16(21)24-5)20(11-13)18(23)25-19(2,3)4;1-20-16(19)14-8-11(9-18-14)10-21-15-6-7-17-13-5-3-2-4-12(13)15;1-12(2,3)18-11(16)13-6-8(7-14)5-9(13)10(15)17-4;1-8-6-7-11-10-5-3-2-4-9(8)10;1-2-4-5-3-1;1-2-3;;;/h6-9,13,15H,10-11H2,1-5H3;2-7,11,14,18H,8-10H2,1H3;8-9,14H,5-7H2,1-4H3;2-7H,1H3;1-4H2;2H2,1H3;;;/q;;;;;-1;;+1;-1/t13-,15+;11-,14+;8-,9+;;;;;;/m111....../s1. The van der Waals surface area contributed by atoms with Gasteiger partial charge in [-0.25, -0.2) is 19.2 Å². The molecule has 0 spiro atoms. The number of rotatable bonds is 9. The van der Waals surface area contributed by atoms with Gasteiger partial charge in [-0.1, -0.05) is 66.7 Å². The third kappa shape index (κ3) is 25.5. The Labute approximate surface area is 536 Å². The molecule has 4 aliphatic heterocycles. The van der Waals surface area contributed by atoms with Crippen molar-refractivity contribution in [2.24, 2.45) is 17.8 Å². The van der Waals surface area contributed by atoms with Gasteiger partial charge in [-0.3, -0.25) is 29.4 Å². The molecule has 2 amide bonds. The maximum Gasteiger partial charge on any atom is 1.00 e. The van der Waals surface area contributed by atoms with Gasteiger partial charge in [0.05, 0.1) is 39.0 Å². The average Bonchev–Trinajstić information content (AvgIpc) is 4.52. The van der Waals surface area contributed by atoms with Gasteiger partial charge in [0.2, 0.25) is 0 Å². The molecule has 6 atom stereocenters. The Morgan fingerprint density at radius 2 is 1.20 bits per heavy atom. The minimum absolute atomic E-state index is 0. The molecule has 0 unspecified atom stereocenters. The number of aliphatic hydroxyl groups excluding tert-OH is 1. The van der Waals surface area contributed by atoms with E-state index in [1.165, 1.54) is 54.9 Å². The van der Waals surface area contributed by atoms with Gasteiger partial charge >= 0.3 is 59.7 Å². The Kier molecular flexibility index (Phi) is 34.1. The third-order valence-electron chi connectivity index (χ3n) is 13.2. The van der Waals surface area contributed by atoms with E-state index in [-0.39, 0.29) is 88.6 Å². The number of benzene rings is 3. The predicted molar refractivity (Wildman–Crippen MR) is 326 cm³/mol. The number of amides is 2. The van der Waals surface area contributed by atoms with E-state index < -0.39 is 53.3 Å². The number of hydrogen-bond donors (Lipinski definition) is 2. The summed E-state index contributed by atoms with van der Waals surface area (Å²) >= 11 is 1.13. The molecule has 23 heteroatoms. The van der Waals surface area contributed by atoms with Crippen LogP contribution in [0.2, 0.25) is 0 Å². The second-order valence-electron chi connectivity index (χ2n) is 22.3. The number of aryl methyl sites for hydroxylation is 2. The Balaban J connectivity index is 0.000000563. The van der Waals surface area contributed by atoms with Gasteiger partial charge in [-0.2, -0.15) is 0 Å². The molecule has 3 aromatic carbocycles. The zero-order chi connectivity index (χ0) is 62.0. The van der Waals surface area contributed by atoms with E-state index in [4.69, 9.17) is 38.6 Å². The summed E-state index contributed by atoms with van der Waals surface area (Å²) in [6.07, 6.45) is 6.39. The summed E-state index contributed by atoms with van der Waals surface area (Å²) in [4.78, 5) is 84.2. The molecule has 20 nitrogen and oxygen atoms in total. The minimum Gasteiger partial charge on any atom is -1.00 e. The van der Waals surface area contributed by atoms with Gasteiger partial charge < -0.3 is 50.1 Å². The second-order valence-corrected chi connectivity index (χ2v) is 23.3. The quantitative estimate of drug-likeness (QED) is 0.0811. The molecular weight excluding hydrogens is 1130 g/mol. The normalized spacial score (nSPS) is 19.2. The molecule has 0 saturated carbocycles. The van der Waals surface area contributed by atoms with Crippen LogP contribution in [0, 0.1) is 31.6 Å². The molecule has 5 aromatic rings. The van der Waals surface area contributed by atoms with Crippen molar-refractivity contribution in [3.63, 3.8) is 0 Å². The number of esters is 3. The summed E-state index contributed by atoms with van der Waals surface area (Å²) in [5.74, 6) is -0.627. The van der Waals surface area contributed by atoms with Crippen molar-refractivity contribution in [2.75, 3.05) is 74.0 Å². The molecule has 0 bridgehead atoms. The molecule has 2 N–H and O–H groups in total. The Morgan fingerprint density at radius 1 is 0.698 bits per heavy atom. The first-order chi connectivity index (χ1) is 39.9. The van der Waals surface area contributed by atoms with Crippen LogP contribution in [0.1, 0.15) is 93.1 Å².